The van der Waals surface area contributed by atoms with E-state index in [9.17, 15) is 18.0 Å². The van der Waals surface area contributed by atoms with Crippen LogP contribution in [-0.4, -0.2) is 29.8 Å². The second-order valence-corrected chi connectivity index (χ2v) is 9.40. The van der Waals surface area contributed by atoms with E-state index >= 15 is 0 Å². The lowest BCUT2D eigenvalue weighted by molar-refractivity contribution is -0.0494. The fourth-order valence-electron chi connectivity index (χ4n) is 4.23. The summed E-state index contributed by atoms with van der Waals surface area (Å²) < 4.78 is 41.3. The van der Waals surface area contributed by atoms with Crippen LogP contribution < -0.4 is 0 Å². The predicted molar refractivity (Wildman–Crippen MR) is 129 cm³/mol. The number of alkyl halides is 2. The van der Waals surface area contributed by atoms with Crippen LogP contribution in [0.2, 0.25) is 0 Å². The van der Waals surface area contributed by atoms with Crippen molar-refractivity contribution in [3.05, 3.63) is 89.5 Å². The highest BCUT2D eigenvalue weighted by atomic mass is 32.1. The zero-order valence-electron chi connectivity index (χ0n) is 18.0. The van der Waals surface area contributed by atoms with Gasteiger partial charge in [-0.2, -0.15) is 11.3 Å². The summed E-state index contributed by atoms with van der Waals surface area (Å²) in [5, 5.41) is 1.49. The molecule has 4 aromatic rings. The summed E-state index contributed by atoms with van der Waals surface area (Å²) in [6.45, 7) is 7.47. The van der Waals surface area contributed by atoms with E-state index in [-0.39, 0.29) is 37.7 Å². The van der Waals surface area contributed by atoms with Gasteiger partial charge >= 0.3 is 0 Å². The first-order chi connectivity index (χ1) is 16.3. The summed E-state index contributed by atoms with van der Waals surface area (Å²) in [6, 6.07) is 19.2. The topological polar surface area (TPSA) is 24.7 Å². The molecule has 3 nitrogen and oxygen atoms in total. The molecule has 0 N–H and O–H groups in total. The van der Waals surface area contributed by atoms with Crippen LogP contribution in [0.3, 0.4) is 0 Å². The molecule has 1 aromatic heterocycles. The number of carbonyl (C=O) groups is 1. The molecule has 1 aliphatic heterocycles. The molecule has 7 heteroatoms. The van der Waals surface area contributed by atoms with Gasteiger partial charge in [-0.3, -0.25) is 4.79 Å². The highest BCUT2D eigenvalue weighted by Gasteiger charge is 2.35. The minimum Gasteiger partial charge on any atom is -0.338 e. The fourth-order valence-corrected chi connectivity index (χ4v) is 5.19. The quantitative estimate of drug-likeness (QED) is 0.277. The first-order valence-electron chi connectivity index (χ1n) is 10.8. The molecule has 1 aliphatic rings. The Kier molecular flexibility index (Phi) is 5.62. The molecular weight excluding hydrogens is 457 g/mol. The van der Waals surface area contributed by atoms with E-state index in [0.717, 1.165) is 32.3 Å². The van der Waals surface area contributed by atoms with Crippen LogP contribution in [0.4, 0.5) is 18.2 Å². The van der Waals surface area contributed by atoms with Crippen molar-refractivity contribution in [2.75, 3.05) is 13.1 Å². The van der Waals surface area contributed by atoms with Crippen molar-refractivity contribution in [3.63, 3.8) is 0 Å². The Hall–Kier alpha value is -3.63. The van der Waals surface area contributed by atoms with Gasteiger partial charge in [-0.15, -0.1) is 0 Å². The van der Waals surface area contributed by atoms with Gasteiger partial charge in [-0.25, -0.2) is 18.0 Å². The van der Waals surface area contributed by atoms with Crippen molar-refractivity contribution in [2.24, 2.45) is 0 Å². The van der Waals surface area contributed by atoms with E-state index < -0.39 is 5.92 Å². The van der Waals surface area contributed by atoms with Gasteiger partial charge < -0.3 is 4.90 Å². The molecule has 0 unspecified atom stereocenters. The summed E-state index contributed by atoms with van der Waals surface area (Å²) >= 11 is 1.40. The minimum atomic E-state index is -2.70. The van der Waals surface area contributed by atoms with Crippen molar-refractivity contribution in [3.8, 4) is 22.3 Å². The van der Waals surface area contributed by atoms with E-state index in [1.54, 1.807) is 24.3 Å². The Balaban J connectivity index is 1.49. The van der Waals surface area contributed by atoms with Crippen molar-refractivity contribution in [1.29, 1.82) is 0 Å². The number of halogens is 3. The van der Waals surface area contributed by atoms with Crippen LogP contribution in [0.15, 0.2) is 66.7 Å². The molecule has 0 spiro atoms. The number of amides is 1. The standard InChI is InChI=1S/C27H19F3N2OS/c1-31-24-16-21-14-20(15-23(25(21)34-24)18-6-8-22(28)9-7-18)17-2-4-19(5-3-17)26(33)32-12-10-27(29,30)11-13-32/h2-9,14-16H,10-13H2. The normalized spacial score (nSPS) is 15.3. The molecule has 1 fully saturated rings. The molecule has 3 aromatic carbocycles. The summed E-state index contributed by atoms with van der Waals surface area (Å²) in [5.41, 5.74) is 3.99. The maximum absolute atomic E-state index is 13.5. The summed E-state index contributed by atoms with van der Waals surface area (Å²) in [4.78, 5) is 17.8. The lowest BCUT2D eigenvalue weighted by Crippen LogP contribution is -2.42. The molecule has 0 aliphatic carbocycles. The Bertz CT molecular complexity index is 1410. The van der Waals surface area contributed by atoms with Crippen LogP contribution in [0.1, 0.15) is 23.2 Å². The number of rotatable bonds is 3. The lowest BCUT2D eigenvalue weighted by atomic mass is 9.96. The van der Waals surface area contributed by atoms with Crippen molar-refractivity contribution >= 4 is 32.3 Å². The van der Waals surface area contributed by atoms with E-state index in [1.165, 1.54) is 28.4 Å². The highest BCUT2D eigenvalue weighted by Crippen LogP contribution is 2.41. The maximum Gasteiger partial charge on any atom is 0.253 e. The van der Waals surface area contributed by atoms with E-state index in [4.69, 9.17) is 6.57 Å². The van der Waals surface area contributed by atoms with Gasteiger partial charge in [-0.1, -0.05) is 24.3 Å². The summed E-state index contributed by atoms with van der Waals surface area (Å²) in [7, 11) is 0. The zero-order chi connectivity index (χ0) is 23.9. The first kappa shape index (κ1) is 22.2. The monoisotopic (exact) mass is 476 g/mol. The van der Waals surface area contributed by atoms with Crippen LogP contribution in [0.25, 0.3) is 37.2 Å². The predicted octanol–water partition coefficient (Wildman–Crippen LogP) is 7.80. The Morgan fingerprint density at radius 3 is 2.21 bits per heavy atom. The van der Waals surface area contributed by atoms with Gasteiger partial charge in [0.1, 0.15) is 5.82 Å². The summed E-state index contributed by atoms with van der Waals surface area (Å²) in [6.07, 6.45) is -0.619. The SMILES string of the molecule is [C-]#[N+]c1cc2cc(-c3ccc(C(=O)N4CCC(F)(F)CC4)cc3)cc(-c3ccc(F)cc3)c2s1. The zero-order valence-corrected chi connectivity index (χ0v) is 18.8. The molecule has 0 atom stereocenters. The second-order valence-electron chi connectivity index (χ2n) is 8.37. The van der Waals surface area contributed by atoms with Crippen molar-refractivity contribution in [2.45, 2.75) is 18.8 Å². The molecule has 170 valence electrons. The molecule has 0 bridgehead atoms. The van der Waals surface area contributed by atoms with Gasteiger partial charge in [0, 0.05) is 36.2 Å². The van der Waals surface area contributed by atoms with Gasteiger partial charge in [0.25, 0.3) is 11.8 Å². The number of fused-ring (bicyclic) bond motifs is 1. The third kappa shape index (κ3) is 4.29. The number of carbonyl (C=O) groups excluding carboxylic acids is 1. The van der Waals surface area contributed by atoms with E-state index in [1.807, 2.05) is 30.3 Å². The molecule has 0 radical (unpaired) electrons. The van der Waals surface area contributed by atoms with Crippen LogP contribution in [-0.2, 0) is 0 Å². The average Bonchev–Trinajstić information content (AvgIpc) is 3.27. The van der Waals surface area contributed by atoms with E-state index in [2.05, 4.69) is 4.85 Å². The number of benzene rings is 3. The fraction of sp³-hybridized carbons (Fsp3) is 0.185. The van der Waals surface area contributed by atoms with Crippen LogP contribution in [0.5, 0.6) is 0 Å². The largest absolute Gasteiger partial charge is 0.338 e. The third-order valence-corrected chi connectivity index (χ3v) is 7.19. The molecule has 5 rings (SSSR count). The van der Waals surface area contributed by atoms with E-state index in [0.29, 0.717) is 10.6 Å². The van der Waals surface area contributed by atoms with Gasteiger partial charge in [0.15, 0.2) is 0 Å². The van der Waals surface area contributed by atoms with Crippen molar-refractivity contribution in [1.82, 2.24) is 4.90 Å². The van der Waals surface area contributed by atoms with Gasteiger partial charge in [0.2, 0.25) is 5.00 Å². The molecule has 1 saturated heterocycles. The molecule has 34 heavy (non-hydrogen) atoms. The number of hydrogen-bond donors (Lipinski definition) is 0. The number of nitrogens with zero attached hydrogens (tertiary/aromatic N) is 2. The highest BCUT2D eigenvalue weighted by molar-refractivity contribution is 7.23. The second kappa shape index (κ2) is 8.62. The smallest absolute Gasteiger partial charge is 0.253 e. The number of hydrogen-bond acceptors (Lipinski definition) is 2. The average molecular weight is 477 g/mol. The lowest BCUT2D eigenvalue weighted by Gasteiger charge is -2.31. The minimum absolute atomic E-state index is 0.0484. The molecule has 2 heterocycles. The Labute approximate surface area is 198 Å². The van der Waals surface area contributed by atoms with Gasteiger partial charge in [-0.05, 0) is 70.1 Å². The first-order valence-corrected chi connectivity index (χ1v) is 11.6. The van der Waals surface area contributed by atoms with Crippen LogP contribution >= 0.6 is 11.3 Å². The summed E-state index contributed by atoms with van der Waals surface area (Å²) in [5.74, 6) is -3.26. The molecule has 1 amide bonds. The Morgan fingerprint density at radius 2 is 1.56 bits per heavy atom. The Morgan fingerprint density at radius 1 is 0.912 bits per heavy atom. The number of likely N-dealkylation sites (tertiary alicyclic amines) is 1. The van der Waals surface area contributed by atoms with Gasteiger partial charge in [0.05, 0.1) is 6.57 Å². The number of thiophene rings is 1. The number of piperidine rings is 1. The third-order valence-electron chi connectivity index (χ3n) is 6.12. The van der Waals surface area contributed by atoms with Crippen LogP contribution in [0, 0.1) is 12.4 Å². The van der Waals surface area contributed by atoms with Crippen molar-refractivity contribution < 1.29 is 18.0 Å². The molecule has 0 saturated carbocycles. The maximum atomic E-state index is 13.5. The molecular formula is C27H19F3N2OS.